The molecule has 1 saturated heterocycles. The zero-order valence-electron chi connectivity index (χ0n) is 9.19. The molecular formula is C13H15N3. The van der Waals surface area contributed by atoms with Crippen molar-refractivity contribution in [2.45, 2.75) is 13.0 Å². The molecule has 2 atom stereocenters. The van der Waals surface area contributed by atoms with Crippen LogP contribution in [0.3, 0.4) is 0 Å². The molecule has 2 unspecified atom stereocenters. The van der Waals surface area contributed by atoms with E-state index in [4.69, 9.17) is 0 Å². The molecule has 0 amide bonds. The number of aromatic nitrogens is 2. The van der Waals surface area contributed by atoms with Crippen LogP contribution in [0.5, 0.6) is 0 Å². The molecule has 2 aromatic rings. The summed E-state index contributed by atoms with van der Waals surface area (Å²) in [6.45, 7) is 3.55. The lowest BCUT2D eigenvalue weighted by Gasteiger charge is -2.14. The van der Waals surface area contributed by atoms with E-state index in [-0.39, 0.29) is 0 Å². The molecule has 1 aliphatic heterocycles. The van der Waals surface area contributed by atoms with Crippen LogP contribution in [0.2, 0.25) is 0 Å². The van der Waals surface area contributed by atoms with E-state index in [1.165, 1.54) is 19.5 Å². The number of benzene rings is 1. The monoisotopic (exact) mass is 213 g/mol. The number of hydrogen-bond acceptors (Lipinski definition) is 2. The maximum atomic E-state index is 4.62. The van der Waals surface area contributed by atoms with Gasteiger partial charge in [0.05, 0.1) is 17.6 Å². The molecule has 3 nitrogen and oxygen atoms in total. The summed E-state index contributed by atoms with van der Waals surface area (Å²) in [6, 6.07) is 8.25. The Morgan fingerprint density at radius 3 is 2.88 bits per heavy atom. The topological polar surface area (TPSA) is 31.9 Å². The number of imidazole rings is 1. The second kappa shape index (κ2) is 3.08. The van der Waals surface area contributed by atoms with Crippen LogP contribution in [0.15, 0.2) is 24.3 Å². The van der Waals surface area contributed by atoms with Gasteiger partial charge in [0.1, 0.15) is 5.82 Å². The van der Waals surface area contributed by atoms with E-state index in [9.17, 15) is 0 Å². The molecule has 16 heavy (non-hydrogen) atoms. The Kier molecular flexibility index (Phi) is 1.68. The standard InChI is InChI=1S/C13H15N3/c1-2-4-12-11(3-1)14-13(15-12)8-16-6-9-5-10(9)7-16/h1-4,9-10H,5-8H2,(H,14,15). The van der Waals surface area contributed by atoms with Crippen molar-refractivity contribution in [3.63, 3.8) is 0 Å². The minimum absolute atomic E-state index is 0.988. The van der Waals surface area contributed by atoms with Gasteiger partial charge in [-0.15, -0.1) is 0 Å². The van der Waals surface area contributed by atoms with Gasteiger partial charge in [-0.1, -0.05) is 12.1 Å². The second-order valence-corrected chi connectivity index (χ2v) is 5.15. The van der Waals surface area contributed by atoms with E-state index < -0.39 is 0 Å². The lowest BCUT2D eigenvalue weighted by atomic mass is 10.3. The number of likely N-dealkylation sites (tertiary alicyclic amines) is 1. The lowest BCUT2D eigenvalue weighted by Crippen LogP contribution is -2.22. The van der Waals surface area contributed by atoms with E-state index >= 15 is 0 Å². The zero-order chi connectivity index (χ0) is 10.5. The predicted molar refractivity (Wildman–Crippen MR) is 63.0 cm³/mol. The highest BCUT2D eigenvalue weighted by atomic mass is 15.2. The maximum absolute atomic E-state index is 4.62. The average Bonchev–Trinajstić information content (AvgIpc) is 2.75. The molecule has 4 rings (SSSR count). The molecule has 2 aliphatic rings. The first kappa shape index (κ1) is 8.76. The Hall–Kier alpha value is -1.35. The van der Waals surface area contributed by atoms with Crippen molar-refractivity contribution in [1.29, 1.82) is 0 Å². The van der Waals surface area contributed by atoms with E-state index in [0.717, 1.165) is 35.2 Å². The molecule has 2 heterocycles. The molecule has 1 saturated carbocycles. The summed E-state index contributed by atoms with van der Waals surface area (Å²) in [7, 11) is 0. The highest BCUT2D eigenvalue weighted by Gasteiger charge is 2.44. The summed E-state index contributed by atoms with van der Waals surface area (Å²) >= 11 is 0. The fraction of sp³-hybridized carbons (Fsp3) is 0.462. The maximum Gasteiger partial charge on any atom is 0.121 e. The summed E-state index contributed by atoms with van der Waals surface area (Å²) in [6.07, 6.45) is 1.47. The summed E-state index contributed by atoms with van der Waals surface area (Å²) in [4.78, 5) is 10.5. The predicted octanol–water partition coefficient (Wildman–Crippen LogP) is 2.01. The van der Waals surface area contributed by atoms with Crippen molar-refractivity contribution in [2.24, 2.45) is 11.8 Å². The fourth-order valence-corrected chi connectivity index (χ4v) is 2.92. The Labute approximate surface area is 94.5 Å². The Bertz CT molecular complexity index is 488. The number of fused-ring (bicyclic) bond motifs is 2. The summed E-state index contributed by atoms with van der Waals surface area (Å²) < 4.78 is 0. The van der Waals surface area contributed by atoms with Crippen LogP contribution in [-0.2, 0) is 6.54 Å². The van der Waals surface area contributed by atoms with Crippen LogP contribution < -0.4 is 0 Å². The molecule has 82 valence electrons. The molecule has 3 heteroatoms. The number of nitrogens with zero attached hydrogens (tertiary/aromatic N) is 2. The third kappa shape index (κ3) is 1.35. The number of para-hydroxylation sites is 2. The van der Waals surface area contributed by atoms with Crippen molar-refractivity contribution >= 4 is 11.0 Å². The van der Waals surface area contributed by atoms with E-state index in [1.54, 1.807) is 0 Å². The first-order chi connectivity index (χ1) is 7.88. The molecule has 1 aromatic carbocycles. The largest absolute Gasteiger partial charge is 0.341 e. The van der Waals surface area contributed by atoms with Crippen molar-refractivity contribution in [2.75, 3.05) is 13.1 Å². The van der Waals surface area contributed by atoms with Crippen LogP contribution in [0, 0.1) is 11.8 Å². The SMILES string of the molecule is c1ccc2[nH]c(CN3CC4CC4C3)nc2c1. The number of hydrogen-bond donors (Lipinski definition) is 1. The molecule has 1 N–H and O–H groups in total. The molecule has 0 spiro atoms. The summed E-state index contributed by atoms with van der Waals surface area (Å²) in [5, 5.41) is 0. The van der Waals surface area contributed by atoms with Crippen LogP contribution in [0.25, 0.3) is 11.0 Å². The van der Waals surface area contributed by atoms with E-state index in [2.05, 4.69) is 33.1 Å². The third-order valence-corrected chi connectivity index (χ3v) is 3.87. The Balaban J connectivity index is 1.57. The van der Waals surface area contributed by atoms with Gasteiger partial charge in [-0.05, 0) is 30.4 Å². The molecular weight excluding hydrogens is 198 g/mol. The molecule has 0 radical (unpaired) electrons. The Morgan fingerprint density at radius 1 is 1.25 bits per heavy atom. The number of aromatic amines is 1. The second-order valence-electron chi connectivity index (χ2n) is 5.15. The van der Waals surface area contributed by atoms with Gasteiger partial charge in [0, 0.05) is 13.1 Å². The number of piperidine rings is 1. The van der Waals surface area contributed by atoms with Gasteiger partial charge in [-0.2, -0.15) is 0 Å². The van der Waals surface area contributed by atoms with E-state index in [0.29, 0.717) is 0 Å². The first-order valence-corrected chi connectivity index (χ1v) is 6.04. The van der Waals surface area contributed by atoms with Crippen molar-refractivity contribution in [3.8, 4) is 0 Å². The highest BCUT2D eigenvalue weighted by Crippen LogP contribution is 2.45. The van der Waals surface area contributed by atoms with Crippen LogP contribution in [0.4, 0.5) is 0 Å². The number of nitrogens with one attached hydrogen (secondary N) is 1. The zero-order valence-corrected chi connectivity index (χ0v) is 9.19. The fourth-order valence-electron chi connectivity index (χ4n) is 2.92. The molecule has 2 fully saturated rings. The van der Waals surface area contributed by atoms with Gasteiger partial charge >= 0.3 is 0 Å². The van der Waals surface area contributed by atoms with Crippen molar-refractivity contribution < 1.29 is 0 Å². The highest BCUT2D eigenvalue weighted by molar-refractivity contribution is 5.74. The van der Waals surface area contributed by atoms with Gasteiger partial charge in [-0.25, -0.2) is 4.98 Å². The van der Waals surface area contributed by atoms with Gasteiger partial charge in [0.15, 0.2) is 0 Å². The molecule has 0 bridgehead atoms. The van der Waals surface area contributed by atoms with Crippen LogP contribution in [0.1, 0.15) is 12.2 Å². The lowest BCUT2D eigenvalue weighted by molar-refractivity contribution is 0.291. The van der Waals surface area contributed by atoms with Gasteiger partial charge in [-0.3, -0.25) is 4.90 Å². The van der Waals surface area contributed by atoms with E-state index in [1.807, 2.05) is 6.07 Å². The van der Waals surface area contributed by atoms with Crippen molar-refractivity contribution in [3.05, 3.63) is 30.1 Å². The van der Waals surface area contributed by atoms with Gasteiger partial charge in [0.2, 0.25) is 0 Å². The minimum Gasteiger partial charge on any atom is -0.341 e. The quantitative estimate of drug-likeness (QED) is 0.827. The van der Waals surface area contributed by atoms with Crippen molar-refractivity contribution in [1.82, 2.24) is 14.9 Å². The average molecular weight is 213 g/mol. The van der Waals surface area contributed by atoms with Crippen LogP contribution in [-0.4, -0.2) is 28.0 Å². The van der Waals surface area contributed by atoms with Gasteiger partial charge in [0.25, 0.3) is 0 Å². The first-order valence-electron chi connectivity index (χ1n) is 6.04. The smallest absolute Gasteiger partial charge is 0.121 e. The van der Waals surface area contributed by atoms with Crippen LogP contribution >= 0.6 is 0 Å². The molecule has 1 aromatic heterocycles. The molecule has 1 aliphatic carbocycles. The minimum atomic E-state index is 0.988. The van der Waals surface area contributed by atoms with Gasteiger partial charge < -0.3 is 4.98 Å². The number of rotatable bonds is 2. The normalized spacial score (nSPS) is 28.5. The number of H-pyrrole nitrogens is 1. The Morgan fingerprint density at radius 2 is 2.06 bits per heavy atom. The summed E-state index contributed by atoms with van der Waals surface area (Å²) in [5.74, 6) is 3.12. The third-order valence-electron chi connectivity index (χ3n) is 3.87. The summed E-state index contributed by atoms with van der Waals surface area (Å²) in [5.41, 5.74) is 2.24.